The summed E-state index contributed by atoms with van der Waals surface area (Å²) in [6.45, 7) is 18.0. The maximum atomic E-state index is 13.4. The fraction of sp³-hybridized carbons (Fsp3) is 0.619. The van der Waals surface area contributed by atoms with E-state index in [4.69, 9.17) is 18.9 Å². The molecule has 0 saturated heterocycles. The molecule has 0 aromatic heterocycles. The number of benzene rings is 2. The molecule has 4 amide bonds. The van der Waals surface area contributed by atoms with Crippen LogP contribution in [0.25, 0.3) is 0 Å². The molecule has 2 aromatic carbocycles. The minimum atomic E-state index is -0.689. The monoisotopic (exact) mass is 754 g/mol. The van der Waals surface area contributed by atoms with Crippen molar-refractivity contribution in [2.75, 3.05) is 52.9 Å². The number of hydrogen-bond donors (Lipinski definition) is 1. The van der Waals surface area contributed by atoms with E-state index in [2.05, 4.69) is 12.2 Å². The Labute approximate surface area is 323 Å². The lowest BCUT2D eigenvalue weighted by molar-refractivity contribution is -0.131. The summed E-state index contributed by atoms with van der Waals surface area (Å²) in [6, 6.07) is 15.5. The molecule has 12 heteroatoms. The summed E-state index contributed by atoms with van der Waals surface area (Å²) < 4.78 is 22.2. The third-order valence-electron chi connectivity index (χ3n) is 8.33. The zero-order valence-electron chi connectivity index (χ0n) is 34.3. The molecule has 54 heavy (non-hydrogen) atoms. The number of amides is 4. The smallest absolute Gasteiger partial charge is 0.410 e. The first kappa shape index (κ1) is 45.7. The highest BCUT2D eigenvalue weighted by Crippen LogP contribution is 2.20. The molecule has 0 aliphatic heterocycles. The van der Waals surface area contributed by atoms with E-state index < -0.39 is 29.5 Å². The van der Waals surface area contributed by atoms with E-state index in [0.717, 1.165) is 35.3 Å². The van der Waals surface area contributed by atoms with Crippen LogP contribution in [0.2, 0.25) is 0 Å². The van der Waals surface area contributed by atoms with Gasteiger partial charge in [0, 0.05) is 52.2 Å². The van der Waals surface area contributed by atoms with Gasteiger partial charge in [-0.2, -0.15) is 0 Å². The molecule has 0 saturated carbocycles. The zero-order chi connectivity index (χ0) is 40.1. The van der Waals surface area contributed by atoms with Gasteiger partial charge in [0.05, 0.1) is 7.11 Å². The Hall–Kier alpha value is -4.48. The number of nitrogens with zero attached hydrogens (tertiary/aromatic N) is 3. The van der Waals surface area contributed by atoms with Crippen molar-refractivity contribution in [2.45, 2.75) is 118 Å². The van der Waals surface area contributed by atoms with Gasteiger partial charge < -0.3 is 39.0 Å². The minimum absolute atomic E-state index is 0.0811. The van der Waals surface area contributed by atoms with Gasteiger partial charge in [0.25, 0.3) is 0 Å². The van der Waals surface area contributed by atoms with Gasteiger partial charge in [-0.05, 0) is 103 Å². The van der Waals surface area contributed by atoms with Crippen LogP contribution < -0.4 is 10.1 Å². The fourth-order valence-corrected chi connectivity index (χ4v) is 5.54. The molecule has 0 radical (unpaired) electrons. The van der Waals surface area contributed by atoms with Crippen molar-refractivity contribution >= 4 is 24.2 Å². The van der Waals surface area contributed by atoms with Crippen LogP contribution in [0.4, 0.5) is 14.4 Å². The van der Waals surface area contributed by atoms with E-state index in [1.165, 1.54) is 0 Å². The van der Waals surface area contributed by atoms with E-state index >= 15 is 0 Å². The maximum absolute atomic E-state index is 13.4. The van der Waals surface area contributed by atoms with Crippen molar-refractivity contribution in [3.63, 3.8) is 0 Å². The average molecular weight is 755 g/mol. The molecule has 0 unspecified atom stereocenters. The highest BCUT2D eigenvalue weighted by atomic mass is 16.6. The van der Waals surface area contributed by atoms with Crippen molar-refractivity contribution < 1.29 is 38.1 Å². The van der Waals surface area contributed by atoms with Crippen LogP contribution in [-0.4, -0.2) is 103 Å². The van der Waals surface area contributed by atoms with Gasteiger partial charge in [0.1, 0.15) is 23.6 Å². The van der Waals surface area contributed by atoms with Gasteiger partial charge in [0.15, 0.2) is 0 Å². The Balaban J connectivity index is 2.06. The predicted molar refractivity (Wildman–Crippen MR) is 212 cm³/mol. The molecule has 2 rings (SSSR count). The number of methoxy groups -OCH3 is 1. The SMILES string of the molecule is CCCCN(CCCN(CCCN(CCCNC(=O)OC(C)(C)C)C(=O)OCc1ccccc1)C(=O)OC(C)(C)C)C(=O)CCc1ccc(C)c(OC)c1. The number of rotatable bonds is 21. The Kier molecular flexibility index (Phi) is 19.7. The maximum Gasteiger partial charge on any atom is 0.410 e. The number of ether oxygens (including phenoxy) is 4. The van der Waals surface area contributed by atoms with Crippen molar-refractivity contribution in [1.82, 2.24) is 20.0 Å². The molecule has 12 nitrogen and oxygen atoms in total. The largest absolute Gasteiger partial charge is 0.496 e. The van der Waals surface area contributed by atoms with Crippen LogP contribution in [0.5, 0.6) is 5.75 Å². The molecule has 302 valence electrons. The molecule has 0 atom stereocenters. The molecule has 1 N–H and O–H groups in total. The first-order valence-corrected chi connectivity index (χ1v) is 19.3. The van der Waals surface area contributed by atoms with Crippen molar-refractivity contribution in [3.8, 4) is 5.75 Å². The second-order valence-electron chi connectivity index (χ2n) is 15.5. The van der Waals surface area contributed by atoms with Crippen LogP contribution >= 0.6 is 0 Å². The Bertz CT molecular complexity index is 1440. The van der Waals surface area contributed by atoms with Crippen molar-refractivity contribution in [1.29, 1.82) is 0 Å². The van der Waals surface area contributed by atoms with Crippen molar-refractivity contribution in [3.05, 3.63) is 65.2 Å². The summed E-state index contributed by atoms with van der Waals surface area (Å²) in [5.74, 6) is 0.894. The topological polar surface area (TPSA) is 127 Å². The lowest BCUT2D eigenvalue weighted by Gasteiger charge is -2.30. The summed E-state index contributed by atoms with van der Waals surface area (Å²) >= 11 is 0. The number of carbonyl (C=O) groups is 4. The molecule has 0 heterocycles. The van der Waals surface area contributed by atoms with Gasteiger partial charge >= 0.3 is 18.3 Å². The number of unbranched alkanes of at least 4 members (excludes halogenated alkanes) is 1. The number of nitrogens with one attached hydrogen (secondary N) is 1. The van der Waals surface area contributed by atoms with Gasteiger partial charge in [0.2, 0.25) is 5.91 Å². The molecule has 0 fully saturated rings. The predicted octanol–water partition coefficient (Wildman–Crippen LogP) is 8.14. The molecule has 0 spiro atoms. The summed E-state index contributed by atoms with van der Waals surface area (Å²) in [5, 5.41) is 2.74. The Morgan fingerprint density at radius 3 is 1.85 bits per heavy atom. The van der Waals surface area contributed by atoms with Crippen LogP contribution in [0.3, 0.4) is 0 Å². The number of carbonyl (C=O) groups excluding carboxylic acids is 4. The van der Waals surface area contributed by atoms with E-state index in [0.29, 0.717) is 77.9 Å². The van der Waals surface area contributed by atoms with E-state index in [1.54, 1.807) is 37.7 Å². The van der Waals surface area contributed by atoms with Crippen LogP contribution in [0, 0.1) is 6.92 Å². The van der Waals surface area contributed by atoms with Crippen molar-refractivity contribution in [2.24, 2.45) is 0 Å². The lowest BCUT2D eigenvalue weighted by atomic mass is 10.1. The minimum Gasteiger partial charge on any atom is -0.496 e. The first-order valence-electron chi connectivity index (χ1n) is 19.3. The van der Waals surface area contributed by atoms with Gasteiger partial charge in [-0.1, -0.05) is 55.8 Å². The zero-order valence-corrected chi connectivity index (χ0v) is 34.3. The number of alkyl carbamates (subject to hydrolysis) is 1. The second kappa shape index (κ2) is 23.3. The third-order valence-corrected chi connectivity index (χ3v) is 8.33. The Morgan fingerprint density at radius 2 is 1.26 bits per heavy atom. The molecule has 2 aromatic rings. The summed E-state index contributed by atoms with van der Waals surface area (Å²) in [6.07, 6.45) is 2.94. The average Bonchev–Trinajstić information content (AvgIpc) is 3.10. The molecule has 0 aliphatic rings. The molecule has 0 bridgehead atoms. The van der Waals surface area contributed by atoms with Crippen LogP contribution in [0.15, 0.2) is 48.5 Å². The van der Waals surface area contributed by atoms with Gasteiger partial charge in [-0.15, -0.1) is 0 Å². The summed E-state index contributed by atoms with van der Waals surface area (Å²) in [7, 11) is 1.65. The summed E-state index contributed by atoms with van der Waals surface area (Å²) in [5.41, 5.74) is 1.67. The second-order valence-corrected chi connectivity index (χ2v) is 15.5. The highest BCUT2D eigenvalue weighted by molar-refractivity contribution is 5.76. The Morgan fingerprint density at radius 1 is 0.685 bits per heavy atom. The van der Waals surface area contributed by atoms with E-state index in [-0.39, 0.29) is 12.5 Å². The first-order chi connectivity index (χ1) is 25.5. The summed E-state index contributed by atoms with van der Waals surface area (Å²) in [4.78, 5) is 57.3. The van der Waals surface area contributed by atoms with Gasteiger partial charge in [-0.3, -0.25) is 4.79 Å². The molecular weight excluding hydrogens is 688 g/mol. The molecular formula is C42H66N4O8. The van der Waals surface area contributed by atoms with E-state index in [9.17, 15) is 19.2 Å². The van der Waals surface area contributed by atoms with Gasteiger partial charge in [-0.25, -0.2) is 14.4 Å². The normalized spacial score (nSPS) is 11.4. The third kappa shape index (κ3) is 19.0. The number of hydrogen-bond acceptors (Lipinski definition) is 8. The standard InChI is InChI=1S/C42H66N4O8/c1-10-11-25-44(37(47)23-22-34-21-20-33(2)36(31-34)51-9)27-16-29-46(40(50)54-42(6,7)8)30-17-28-45(26-15-24-43-38(48)53-41(3,4)5)39(49)52-32-35-18-13-12-14-19-35/h12-14,18-21,31H,10-11,15-17,22-30,32H2,1-9H3,(H,43,48). The fourth-order valence-electron chi connectivity index (χ4n) is 5.54. The van der Waals surface area contributed by atoms with Crippen LogP contribution in [-0.2, 0) is 32.0 Å². The lowest BCUT2D eigenvalue weighted by Crippen LogP contribution is -2.41. The van der Waals surface area contributed by atoms with E-state index in [1.807, 2.05) is 81.1 Å². The van der Waals surface area contributed by atoms with Crippen LogP contribution in [0.1, 0.15) is 104 Å². The quantitative estimate of drug-likeness (QED) is 0.100. The highest BCUT2D eigenvalue weighted by Gasteiger charge is 2.24. The number of aryl methyl sites for hydroxylation is 2. The molecule has 0 aliphatic carbocycles.